The number of hydrogen-bond donors (Lipinski definition) is 0. The van der Waals surface area contributed by atoms with Crippen molar-refractivity contribution in [2.75, 3.05) is 31.1 Å². The van der Waals surface area contributed by atoms with Crippen LogP contribution in [0.4, 0.5) is 10.5 Å². The predicted molar refractivity (Wildman–Crippen MR) is 125 cm³/mol. The number of carbonyl (C=O) groups is 1. The molecule has 5 rings (SSSR count). The van der Waals surface area contributed by atoms with E-state index >= 15 is 0 Å². The first-order valence-corrected chi connectivity index (χ1v) is 11.1. The second-order valence-electron chi connectivity index (χ2n) is 8.09. The Hall–Kier alpha value is -3.59. The first-order chi connectivity index (χ1) is 16.0. The standard InChI is InChI=1S/C23H24ClN7O2/c1-16(17-3-5-20(24)6-4-17)33-23(32)30-9-7-29(8-10-30)21-13-27-31-15-18(11-25-22(21)31)19-12-26-28(2)14-19/h3-6,11-16H,7-10H2,1-2H3/t16-/m1/s1. The van der Waals surface area contributed by atoms with Crippen molar-refractivity contribution in [1.82, 2.24) is 29.3 Å². The van der Waals surface area contributed by atoms with E-state index in [1.807, 2.05) is 50.9 Å². The molecule has 1 atom stereocenters. The molecule has 1 amide bonds. The molecule has 0 spiro atoms. The van der Waals surface area contributed by atoms with Crippen molar-refractivity contribution in [1.29, 1.82) is 0 Å². The van der Waals surface area contributed by atoms with E-state index in [-0.39, 0.29) is 12.2 Å². The first kappa shape index (κ1) is 21.3. The molecule has 33 heavy (non-hydrogen) atoms. The third-order valence-electron chi connectivity index (χ3n) is 5.87. The average molecular weight is 466 g/mol. The van der Waals surface area contributed by atoms with Gasteiger partial charge in [0.1, 0.15) is 11.8 Å². The number of hydrogen-bond acceptors (Lipinski definition) is 6. The minimum atomic E-state index is -0.342. The van der Waals surface area contributed by atoms with E-state index in [0.29, 0.717) is 31.2 Å². The highest BCUT2D eigenvalue weighted by Crippen LogP contribution is 2.25. The van der Waals surface area contributed by atoms with Gasteiger partial charge in [0.15, 0.2) is 5.65 Å². The van der Waals surface area contributed by atoms with Gasteiger partial charge in [-0.1, -0.05) is 23.7 Å². The molecule has 1 aliphatic rings. The van der Waals surface area contributed by atoms with Gasteiger partial charge in [-0.05, 0) is 24.6 Å². The number of aromatic nitrogens is 5. The molecule has 4 aromatic rings. The molecular weight excluding hydrogens is 442 g/mol. The number of anilines is 1. The Balaban J connectivity index is 1.22. The first-order valence-electron chi connectivity index (χ1n) is 10.8. The van der Waals surface area contributed by atoms with Crippen LogP contribution < -0.4 is 4.90 Å². The van der Waals surface area contributed by atoms with Crippen LogP contribution in [0.15, 0.2) is 55.2 Å². The molecule has 170 valence electrons. The third kappa shape index (κ3) is 4.36. The molecule has 0 unspecified atom stereocenters. The van der Waals surface area contributed by atoms with Gasteiger partial charge in [-0.25, -0.2) is 14.3 Å². The number of benzene rings is 1. The maximum atomic E-state index is 12.7. The average Bonchev–Trinajstić information content (AvgIpc) is 3.45. The van der Waals surface area contributed by atoms with Crippen LogP contribution in [-0.4, -0.2) is 61.6 Å². The quantitative estimate of drug-likeness (QED) is 0.456. The third-order valence-corrected chi connectivity index (χ3v) is 6.12. The Morgan fingerprint density at radius 1 is 1.00 bits per heavy atom. The van der Waals surface area contributed by atoms with Crippen molar-refractivity contribution in [3.8, 4) is 11.1 Å². The van der Waals surface area contributed by atoms with Crippen LogP contribution in [0, 0.1) is 0 Å². The molecule has 0 radical (unpaired) electrons. The van der Waals surface area contributed by atoms with Crippen molar-refractivity contribution in [3.63, 3.8) is 0 Å². The highest BCUT2D eigenvalue weighted by Gasteiger charge is 2.26. The van der Waals surface area contributed by atoms with Crippen LogP contribution in [-0.2, 0) is 11.8 Å². The molecule has 10 heteroatoms. The molecule has 0 saturated carbocycles. The second-order valence-corrected chi connectivity index (χ2v) is 8.53. The van der Waals surface area contributed by atoms with Gasteiger partial charge in [-0.3, -0.25) is 4.68 Å². The van der Waals surface area contributed by atoms with E-state index in [1.165, 1.54) is 0 Å². The van der Waals surface area contributed by atoms with E-state index in [9.17, 15) is 4.79 Å². The van der Waals surface area contributed by atoms with Gasteiger partial charge in [0.2, 0.25) is 0 Å². The van der Waals surface area contributed by atoms with Gasteiger partial charge in [-0.2, -0.15) is 10.2 Å². The Morgan fingerprint density at radius 3 is 2.42 bits per heavy atom. The summed E-state index contributed by atoms with van der Waals surface area (Å²) in [6, 6.07) is 7.33. The molecule has 1 fully saturated rings. The van der Waals surface area contributed by atoms with Crippen molar-refractivity contribution < 1.29 is 9.53 Å². The zero-order chi connectivity index (χ0) is 22.9. The predicted octanol–water partition coefficient (Wildman–Crippen LogP) is 3.80. The largest absolute Gasteiger partial charge is 0.442 e. The summed E-state index contributed by atoms with van der Waals surface area (Å²) in [5.41, 5.74) is 4.59. The van der Waals surface area contributed by atoms with E-state index in [1.54, 1.807) is 32.4 Å². The van der Waals surface area contributed by atoms with Gasteiger partial charge in [0, 0.05) is 68.0 Å². The fraction of sp³-hybridized carbons (Fsp3) is 0.304. The van der Waals surface area contributed by atoms with Crippen LogP contribution >= 0.6 is 11.6 Å². The number of fused-ring (bicyclic) bond motifs is 1. The minimum absolute atomic E-state index is 0.309. The highest BCUT2D eigenvalue weighted by atomic mass is 35.5. The molecule has 9 nitrogen and oxygen atoms in total. The lowest BCUT2D eigenvalue weighted by Crippen LogP contribution is -2.49. The zero-order valence-electron chi connectivity index (χ0n) is 18.4. The lowest BCUT2D eigenvalue weighted by atomic mass is 10.1. The Labute approximate surface area is 196 Å². The maximum Gasteiger partial charge on any atom is 0.410 e. The van der Waals surface area contributed by atoms with Crippen LogP contribution in [0.1, 0.15) is 18.6 Å². The highest BCUT2D eigenvalue weighted by molar-refractivity contribution is 6.30. The van der Waals surface area contributed by atoms with Crippen LogP contribution in [0.3, 0.4) is 0 Å². The molecule has 1 aliphatic heterocycles. The van der Waals surface area contributed by atoms with Crippen LogP contribution in [0.5, 0.6) is 0 Å². The van der Waals surface area contributed by atoms with E-state index in [4.69, 9.17) is 16.3 Å². The SMILES string of the molecule is C[C@@H](OC(=O)N1CCN(c2cnn3cc(-c4cnn(C)c4)cnc23)CC1)c1ccc(Cl)cc1. The Morgan fingerprint density at radius 2 is 1.73 bits per heavy atom. The van der Waals surface area contributed by atoms with Crippen molar-refractivity contribution in [2.24, 2.45) is 7.05 Å². The minimum Gasteiger partial charge on any atom is -0.442 e. The Bertz CT molecular complexity index is 1280. The summed E-state index contributed by atoms with van der Waals surface area (Å²) in [7, 11) is 1.88. The number of ether oxygens (including phenoxy) is 1. The summed E-state index contributed by atoms with van der Waals surface area (Å²) < 4.78 is 9.20. The van der Waals surface area contributed by atoms with Crippen LogP contribution in [0.25, 0.3) is 16.8 Å². The van der Waals surface area contributed by atoms with E-state index in [0.717, 1.165) is 28.0 Å². The molecule has 0 bridgehead atoms. The van der Waals surface area contributed by atoms with Gasteiger partial charge in [0.25, 0.3) is 0 Å². The number of nitrogens with zero attached hydrogens (tertiary/aromatic N) is 7. The van der Waals surface area contributed by atoms with Crippen LogP contribution in [0.2, 0.25) is 5.02 Å². The molecule has 0 N–H and O–H groups in total. The number of rotatable bonds is 4. The summed E-state index contributed by atoms with van der Waals surface area (Å²) >= 11 is 5.94. The van der Waals surface area contributed by atoms with Gasteiger partial charge in [0.05, 0.1) is 12.4 Å². The molecule has 0 aliphatic carbocycles. The van der Waals surface area contributed by atoms with E-state index in [2.05, 4.69) is 20.1 Å². The number of carbonyl (C=O) groups excluding carboxylic acids is 1. The summed E-state index contributed by atoms with van der Waals surface area (Å²) in [5.74, 6) is 0. The molecule has 1 aromatic carbocycles. The summed E-state index contributed by atoms with van der Waals surface area (Å²) in [5, 5.41) is 9.36. The zero-order valence-corrected chi connectivity index (χ0v) is 19.2. The summed E-state index contributed by atoms with van der Waals surface area (Å²) in [4.78, 5) is 21.2. The Kier molecular flexibility index (Phi) is 5.63. The molecule has 3 aromatic heterocycles. The molecular formula is C23H24ClN7O2. The lowest BCUT2D eigenvalue weighted by molar-refractivity contribution is 0.0681. The topological polar surface area (TPSA) is 80.8 Å². The van der Waals surface area contributed by atoms with Crippen molar-refractivity contribution in [3.05, 3.63) is 65.8 Å². The number of halogens is 1. The molecule has 4 heterocycles. The van der Waals surface area contributed by atoms with E-state index < -0.39 is 0 Å². The second kappa shape index (κ2) is 8.74. The van der Waals surface area contributed by atoms with Gasteiger partial charge < -0.3 is 14.5 Å². The smallest absolute Gasteiger partial charge is 0.410 e. The number of piperazine rings is 1. The molecule has 1 saturated heterocycles. The van der Waals surface area contributed by atoms with Gasteiger partial charge >= 0.3 is 6.09 Å². The van der Waals surface area contributed by atoms with Gasteiger partial charge in [-0.15, -0.1) is 0 Å². The lowest BCUT2D eigenvalue weighted by Gasteiger charge is -2.35. The fourth-order valence-corrected chi connectivity index (χ4v) is 4.09. The maximum absolute atomic E-state index is 12.7. The summed E-state index contributed by atoms with van der Waals surface area (Å²) in [6.45, 7) is 4.35. The fourth-order valence-electron chi connectivity index (χ4n) is 3.96. The monoisotopic (exact) mass is 465 g/mol. The number of aryl methyl sites for hydroxylation is 1. The normalized spacial score (nSPS) is 15.1. The number of amides is 1. The summed E-state index contributed by atoms with van der Waals surface area (Å²) in [6.07, 6.45) is 8.71. The van der Waals surface area contributed by atoms with Crippen molar-refractivity contribution in [2.45, 2.75) is 13.0 Å². The van der Waals surface area contributed by atoms with Crippen molar-refractivity contribution >= 4 is 29.0 Å².